The van der Waals surface area contributed by atoms with Gasteiger partial charge < -0.3 is 4.42 Å². The van der Waals surface area contributed by atoms with E-state index in [1.54, 1.807) is 38.1 Å². The Balaban J connectivity index is 1.79. The zero-order valence-electron chi connectivity index (χ0n) is 16.0. The quantitative estimate of drug-likeness (QED) is 0.615. The number of ketones is 1. The molecular weight excluding hydrogens is 394 g/mol. The lowest BCUT2D eigenvalue weighted by Crippen LogP contribution is -2.13. The van der Waals surface area contributed by atoms with Crippen LogP contribution in [0.2, 0.25) is 0 Å². The molecule has 0 unspecified atom stereocenters. The number of hydrogen-bond acceptors (Lipinski definition) is 7. The Hall–Kier alpha value is -3.33. The van der Waals surface area contributed by atoms with Crippen molar-refractivity contribution in [2.24, 2.45) is 0 Å². The fourth-order valence-corrected chi connectivity index (χ4v) is 3.60. The van der Waals surface area contributed by atoms with Crippen molar-refractivity contribution in [3.63, 3.8) is 0 Å². The van der Waals surface area contributed by atoms with Crippen molar-refractivity contribution in [2.75, 3.05) is 5.32 Å². The molecule has 3 rings (SSSR count). The molecule has 3 aromatic rings. The highest BCUT2D eigenvalue weighted by Gasteiger charge is 2.21. The second-order valence-electron chi connectivity index (χ2n) is 6.62. The number of benzene rings is 2. The monoisotopic (exact) mass is 413 g/mol. The summed E-state index contributed by atoms with van der Waals surface area (Å²) in [5.74, 6) is -0.500. The molecule has 0 radical (unpaired) electrons. The molecule has 1 N–H and O–H groups in total. The molecule has 0 atom stereocenters. The third kappa shape index (κ3) is 4.40. The predicted octanol–water partition coefficient (Wildman–Crippen LogP) is 3.37. The van der Waals surface area contributed by atoms with E-state index in [1.807, 2.05) is 0 Å². The summed E-state index contributed by atoms with van der Waals surface area (Å²) in [6.07, 6.45) is 0. The molecule has 0 bridgehead atoms. The number of anilines is 1. The molecule has 1 heterocycles. The number of carbonyl (C=O) groups is 2. The molecule has 0 aliphatic rings. The lowest BCUT2D eigenvalue weighted by molar-refractivity contribution is 0.100. The van der Waals surface area contributed by atoms with Crippen LogP contribution >= 0.6 is 0 Å². The van der Waals surface area contributed by atoms with Crippen LogP contribution in [0.15, 0.2) is 57.8 Å². The van der Waals surface area contributed by atoms with Crippen molar-refractivity contribution in [1.29, 1.82) is 0 Å². The van der Waals surface area contributed by atoms with E-state index >= 15 is 0 Å². The van der Waals surface area contributed by atoms with Crippen molar-refractivity contribution in [2.45, 2.75) is 30.9 Å². The Morgan fingerprint density at radius 2 is 1.66 bits per heavy atom. The maximum atomic E-state index is 12.3. The average molecular weight is 413 g/mol. The van der Waals surface area contributed by atoms with Crippen molar-refractivity contribution in [3.8, 4) is 11.5 Å². The van der Waals surface area contributed by atoms with Crippen molar-refractivity contribution in [3.05, 3.63) is 59.7 Å². The SMILES string of the molecule is CC(=O)c1ccc(C(=O)Nc2nnc(-c3cccc(S(=O)(=O)C(C)C)c3)o2)cc1. The van der Waals surface area contributed by atoms with Gasteiger partial charge in [0.1, 0.15) is 0 Å². The van der Waals surface area contributed by atoms with Gasteiger partial charge >= 0.3 is 6.01 Å². The summed E-state index contributed by atoms with van der Waals surface area (Å²) in [6, 6.07) is 12.2. The maximum Gasteiger partial charge on any atom is 0.322 e. The lowest BCUT2D eigenvalue weighted by atomic mass is 10.1. The van der Waals surface area contributed by atoms with Gasteiger partial charge in [-0.25, -0.2) is 8.42 Å². The summed E-state index contributed by atoms with van der Waals surface area (Å²) in [4.78, 5) is 23.8. The molecule has 0 aliphatic carbocycles. The van der Waals surface area contributed by atoms with E-state index < -0.39 is 21.0 Å². The normalized spacial score (nSPS) is 11.4. The van der Waals surface area contributed by atoms with E-state index in [2.05, 4.69) is 15.5 Å². The molecular formula is C20H19N3O5S. The predicted molar refractivity (Wildman–Crippen MR) is 106 cm³/mol. The Morgan fingerprint density at radius 1 is 1.00 bits per heavy atom. The van der Waals surface area contributed by atoms with Crippen LogP contribution < -0.4 is 5.32 Å². The van der Waals surface area contributed by atoms with Crippen LogP contribution in [0.5, 0.6) is 0 Å². The van der Waals surface area contributed by atoms with E-state index in [1.165, 1.54) is 31.2 Å². The van der Waals surface area contributed by atoms with Crippen LogP contribution in [0, 0.1) is 0 Å². The Labute approximate surface area is 167 Å². The molecule has 29 heavy (non-hydrogen) atoms. The fourth-order valence-electron chi connectivity index (χ4n) is 2.49. The third-order valence-corrected chi connectivity index (χ3v) is 6.38. The van der Waals surface area contributed by atoms with Gasteiger partial charge in [0.2, 0.25) is 5.89 Å². The van der Waals surface area contributed by atoms with Gasteiger partial charge in [-0.15, -0.1) is 5.10 Å². The summed E-state index contributed by atoms with van der Waals surface area (Å²) in [7, 11) is -3.45. The number of Topliss-reactive ketones (excluding diaryl/α,β-unsaturated/α-hetero) is 1. The number of rotatable bonds is 6. The zero-order valence-corrected chi connectivity index (χ0v) is 16.9. The molecule has 9 heteroatoms. The number of sulfone groups is 1. The summed E-state index contributed by atoms with van der Waals surface area (Å²) in [5, 5.41) is 9.56. The second kappa shape index (κ2) is 7.96. The first kappa shape index (κ1) is 20.4. The van der Waals surface area contributed by atoms with Crippen LogP contribution in [-0.2, 0) is 9.84 Å². The largest absolute Gasteiger partial charge is 0.403 e. The van der Waals surface area contributed by atoms with Gasteiger partial charge in [0.05, 0.1) is 10.1 Å². The minimum Gasteiger partial charge on any atom is -0.403 e. The third-order valence-electron chi connectivity index (χ3n) is 4.23. The van der Waals surface area contributed by atoms with Crippen molar-refractivity contribution in [1.82, 2.24) is 10.2 Å². The van der Waals surface area contributed by atoms with Gasteiger partial charge in [-0.1, -0.05) is 23.3 Å². The summed E-state index contributed by atoms with van der Waals surface area (Å²) in [5.41, 5.74) is 1.24. The van der Waals surface area contributed by atoms with E-state index in [4.69, 9.17) is 4.42 Å². The highest BCUT2D eigenvalue weighted by molar-refractivity contribution is 7.92. The highest BCUT2D eigenvalue weighted by Crippen LogP contribution is 2.25. The molecule has 2 aromatic carbocycles. The minimum absolute atomic E-state index is 0.0769. The summed E-state index contributed by atoms with van der Waals surface area (Å²) < 4.78 is 30.1. The molecule has 0 saturated heterocycles. The van der Waals surface area contributed by atoms with Gasteiger partial charge in [-0.3, -0.25) is 14.9 Å². The van der Waals surface area contributed by atoms with Crippen LogP contribution in [0.25, 0.3) is 11.5 Å². The second-order valence-corrected chi connectivity index (χ2v) is 9.13. The minimum atomic E-state index is -3.45. The first-order valence-electron chi connectivity index (χ1n) is 8.78. The van der Waals surface area contributed by atoms with Crippen LogP contribution in [0.3, 0.4) is 0 Å². The number of aromatic nitrogens is 2. The summed E-state index contributed by atoms with van der Waals surface area (Å²) >= 11 is 0. The van der Waals surface area contributed by atoms with Crippen LogP contribution in [0.1, 0.15) is 41.5 Å². The maximum absolute atomic E-state index is 12.3. The fraction of sp³-hybridized carbons (Fsp3) is 0.200. The van der Waals surface area contributed by atoms with Crippen LogP contribution in [0.4, 0.5) is 6.01 Å². The Kier molecular flexibility index (Phi) is 5.60. The molecule has 8 nitrogen and oxygen atoms in total. The van der Waals surface area contributed by atoms with Gasteiger partial charge in [0, 0.05) is 16.7 Å². The van der Waals surface area contributed by atoms with Gasteiger partial charge in [-0.2, -0.15) is 0 Å². The molecule has 0 spiro atoms. The van der Waals surface area contributed by atoms with E-state index in [-0.39, 0.29) is 22.6 Å². The first-order chi connectivity index (χ1) is 13.7. The number of carbonyl (C=O) groups excluding carboxylic acids is 2. The van der Waals surface area contributed by atoms with E-state index in [0.29, 0.717) is 16.7 Å². The standard InChI is InChI=1S/C20H19N3O5S/c1-12(2)29(26,27)17-6-4-5-16(11-17)19-22-23-20(28-19)21-18(25)15-9-7-14(8-10-15)13(3)24/h4-12H,1-3H3,(H,21,23,25). The Bertz CT molecular complexity index is 1160. The van der Waals surface area contributed by atoms with Crippen molar-refractivity contribution >= 4 is 27.5 Å². The molecule has 150 valence electrons. The van der Waals surface area contributed by atoms with E-state index in [9.17, 15) is 18.0 Å². The molecule has 1 amide bonds. The topological polar surface area (TPSA) is 119 Å². The van der Waals surface area contributed by atoms with Gasteiger partial charge in [0.25, 0.3) is 5.91 Å². The molecule has 0 fully saturated rings. The van der Waals surface area contributed by atoms with Gasteiger partial charge in [0.15, 0.2) is 15.6 Å². The smallest absolute Gasteiger partial charge is 0.322 e. The number of hydrogen-bond donors (Lipinski definition) is 1. The molecule has 0 aliphatic heterocycles. The molecule has 0 saturated carbocycles. The van der Waals surface area contributed by atoms with E-state index in [0.717, 1.165) is 0 Å². The zero-order chi connectivity index (χ0) is 21.2. The lowest BCUT2D eigenvalue weighted by Gasteiger charge is -2.08. The molecule has 1 aromatic heterocycles. The van der Waals surface area contributed by atoms with Gasteiger partial charge in [-0.05, 0) is 51.1 Å². The average Bonchev–Trinajstić information content (AvgIpc) is 3.16. The summed E-state index contributed by atoms with van der Waals surface area (Å²) in [6.45, 7) is 4.65. The van der Waals surface area contributed by atoms with Crippen molar-refractivity contribution < 1.29 is 22.4 Å². The van der Waals surface area contributed by atoms with Crippen LogP contribution in [-0.4, -0.2) is 35.6 Å². The highest BCUT2D eigenvalue weighted by atomic mass is 32.2. The Morgan fingerprint density at radius 3 is 2.28 bits per heavy atom. The first-order valence-corrected chi connectivity index (χ1v) is 10.3. The number of nitrogens with zero attached hydrogens (tertiary/aromatic N) is 2. The number of amides is 1. The number of nitrogens with one attached hydrogen (secondary N) is 1.